The quantitative estimate of drug-likeness (QED) is 0.0444. The number of Topliss-reactive ketones (excluding diaryl/α,β-unsaturated/α-hetero) is 5. The summed E-state index contributed by atoms with van der Waals surface area (Å²) >= 11 is 13.0. The molecule has 720 valence electrons. The van der Waals surface area contributed by atoms with Gasteiger partial charge in [0.25, 0.3) is 0 Å². The number of halogens is 3. The highest BCUT2D eigenvalue weighted by Crippen LogP contribution is 2.49. The molecule has 0 radical (unpaired) electrons. The van der Waals surface area contributed by atoms with Crippen LogP contribution in [0.5, 0.6) is 28.7 Å². The van der Waals surface area contributed by atoms with Crippen molar-refractivity contribution in [2.24, 2.45) is 0 Å². The number of aromatic hydroxyl groups is 1. The average Bonchev–Trinajstić information content (AvgIpc) is 1.62. The minimum Gasteiger partial charge on any atom is -0.507 e. The topological polar surface area (TPSA) is 275 Å². The van der Waals surface area contributed by atoms with Gasteiger partial charge < -0.3 is 52.0 Å². The van der Waals surface area contributed by atoms with Crippen molar-refractivity contribution in [3.63, 3.8) is 0 Å². The van der Waals surface area contributed by atoms with E-state index in [1.165, 1.54) is 47.8 Å². The SMILES string of the molecule is CC1(C)OB(c2cccc3c2Sc2ccccc2CC3=O)OC1(C)C.COc1cccc2c1Sc1ccccc1CC2=O.COc1ccccc1S.COc1ccccc1Sc1ccccc1CC(=O)O.O=C1Cc2ccccc2Sc2c(O)cccc21.O=C1Cc2ccccc2Sc2c(OS(=O)(=O)C(F)(F)F)cccc21.O=C1Cc2ccccc2Sc2c1cccc2-c1cc(=O)cc(N2CCOCC2)o1. The molecule has 0 atom stereocenters. The van der Waals surface area contributed by atoms with Gasteiger partial charge in [0.05, 0.1) is 71.7 Å². The predicted octanol–water partition coefficient (Wildman–Crippen LogP) is 24.0. The lowest BCUT2D eigenvalue weighted by Crippen LogP contribution is -2.41. The number of benzene rings is 13. The minimum absolute atomic E-state index is 0.0261. The van der Waals surface area contributed by atoms with Crippen LogP contribution >= 0.6 is 83.2 Å². The van der Waals surface area contributed by atoms with Gasteiger partial charge in [-0.25, -0.2) is 0 Å². The number of carboxylic acids is 1. The number of anilines is 1. The Labute approximate surface area is 845 Å². The van der Waals surface area contributed by atoms with Crippen LogP contribution in [0.3, 0.4) is 0 Å². The van der Waals surface area contributed by atoms with E-state index in [4.69, 9.17) is 37.8 Å². The molecule has 0 saturated carbocycles. The number of fused-ring (bicyclic) bond motifs is 10. The summed E-state index contributed by atoms with van der Waals surface area (Å²) in [5.41, 5.74) is 3.91. The van der Waals surface area contributed by atoms with Gasteiger partial charge >= 0.3 is 28.7 Å². The molecule has 21 rings (SSSR count). The molecule has 0 bridgehead atoms. The first kappa shape index (κ1) is 103. The number of methoxy groups -OCH3 is 3. The third kappa shape index (κ3) is 24.8. The Morgan fingerprint density at radius 1 is 0.440 bits per heavy atom. The Morgan fingerprint density at radius 2 is 0.809 bits per heavy atom. The van der Waals surface area contributed by atoms with Crippen molar-refractivity contribution in [3.8, 4) is 40.1 Å². The van der Waals surface area contributed by atoms with E-state index in [0.29, 0.717) is 90.1 Å². The predicted molar refractivity (Wildman–Crippen MR) is 547 cm³/mol. The first-order valence-corrected chi connectivity index (χ1v) is 51.1. The van der Waals surface area contributed by atoms with Gasteiger partial charge in [-0.05, 0) is 164 Å². The minimum atomic E-state index is -5.82. The molecule has 7 aliphatic heterocycles. The molecule has 32 heteroatoms. The molecule has 0 amide bonds. The number of rotatable bonds is 12. The number of nitrogens with zero attached hydrogens (tertiary/aromatic N) is 1. The first-order chi connectivity index (χ1) is 67.8. The number of alkyl halides is 3. The van der Waals surface area contributed by atoms with Crippen LogP contribution in [-0.2, 0) is 67.5 Å². The highest BCUT2D eigenvalue weighted by molar-refractivity contribution is 8.01. The van der Waals surface area contributed by atoms with E-state index in [1.54, 1.807) is 99.1 Å². The second kappa shape index (κ2) is 46.1. The van der Waals surface area contributed by atoms with Crippen molar-refractivity contribution in [1.29, 1.82) is 0 Å². The highest BCUT2D eigenvalue weighted by atomic mass is 32.2. The normalized spacial score (nSPS) is 14.8. The van der Waals surface area contributed by atoms with E-state index >= 15 is 0 Å². The van der Waals surface area contributed by atoms with Crippen molar-refractivity contribution in [2.75, 3.05) is 52.5 Å². The lowest BCUT2D eigenvalue weighted by atomic mass is 9.78. The van der Waals surface area contributed by atoms with Gasteiger partial charge in [0.15, 0.2) is 46.0 Å². The van der Waals surface area contributed by atoms with Crippen LogP contribution in [0, 0.1) is 0 Å². The molecule has 2 fully saturated rings. The standard InChI is InChI=1S/C23H19NO4S.C20H21BO3S.C15H9F3O4S2.C15H14O3S.C15H12O2S.C14H10O2S.C7H8OS/c25-16-13-20(28-22(14-16)24-8-10-27-11-9-24)18-6-3-5-17-19(26)12-15-4-1-2-7-21(15)29-23(17)18;1-19(2)20(3,4)24-21(23-19)15-10-7-9-14-16(22)12-13-8-5-6-11-17(13)25-18(14)15;16-15(17,18)24(20,21)22-12-6-3-5-10-11(19)8-9-4-1-2-7-13(9)23-14(10)12;1-18-12-7-3-5-9-14(12)19-13-8-4-2-6-11(13)10-15(16)17;1-17-13-7-4-6-11-12(16)9-10-5-2-3-8-14(10)18-15(11)13;15-11-6-3-5-10-12(16)8-9-4-1-2-7-13(9)17-14(10)11;1-8-6-4-2-3-5-7(6)9/h1-7,13-14H,8-12H2;5-11H,12H2,1-4H3;1-7H,8H2;2-9H,10H2,1H3,(H,16,17);2-8H,9H2,1H3;1-7,15H,8H2;2-5,9H,1H3. The van der Waals surface area contributed by atoms with Crippen LogP contribution in [0.4, 0.5) is 19.1 Å². The zero-order valence-corrected chi connectivity index (χ0v) is 83.8. The lowest BCUT2D eigenvalue weighted by Gasteiger charge is -2.32. The number of hydrogen-bond acceptors (Lipinski definition) is 26. The van der Waals surface area contributed by atoms with Gasteiger partial charge in [-0.2, -0.15) is 21.6 Å². The van der Waals surface area contributed by atoms with E-state index in [1.807, 2.05) is 245 Å². The van der Waals surface area contributed by atoms with Gasteiger partial charge in [-0.3, -0.25) is 33.6 Å². The monoisotopic (exact) mass is 2040 g/mol. The van der Waals surface area contributed by atoms with Crippen LogP contribution in [0.2, 0.25) is 0 Å². The number of carbonyl (C=O) groups is 6. The molecule has 13 aromatic carbocycles. The van der Waals surface area contributed by atoms with E-state index < -0.39 is 45.7 Å². The Kier molecular flexibility index (Phi) is 33.6. The Hall–Kier alpha value is -12.4. The van der Waals surface area contributed by atoms with Crippen molar-refractivity contribution in [2.45, 2.75) is 147 Å². The first-order valence-electron chi connectivity index (χ1n) is 44.4. The molecule has 2 N–H and O–H groups in total. The van der Waals surface area contributed by atoms with Gasteiger partial charge in [0.1, 0.15) is 28.8 Å². The van der Waals surface area contributed by atoms with E-state index in [2.05, 4.69) is 28.9 Å². The van der Waals surface area contributed by atoms with Crippen LogP contribution in [0.1, 0.15) is 113 Å². The van der Waals surface area contributed by atoms with Gasteiger partial charge in [-0.1, -0.05) is 259 Å². The molecule has 20 nitrogen and oxygen atoms in total. The molecule has 0 aliphatic carbocycles. The summed E-state index contributed by atoms with van der Waals surface area (Å²) in [5.74, 6) is 2.35. The van der Waals surface area contributed by atoms with Crippen LogP contribution < -0.4 is 34.2 Å². The van der Waals surface area contributed by atoms with Crippen molar-refractivity contribution < 1.29 is 97.4 Å². The summed E-state index contributed by atoms with van der Waals surface area (Å²) in [6.07, 6.45) is 1.77. The maximum Gasteiger partial charge on any atom is 0.534 e. The van der Waals surface area contributed by atoms with Gasteiger partial charge in [0.2, 0.25) is 0 Å². The lowest BCUT2D eigenvalue weighted by molar-refractivity contribution is -0.136. The highest BCUT2D eigenvalue weighted by Gasteiger charge is 2.53. The average molecular weight is 2050 g/mol. The number of para-hydroxylation sites is 2. The van der Waals surface area contributed by atoms with E-state index in [-0.39, 0.29) is 63.4 Å². The molecule has 0 spiro atoms. The Balaban J connectivity index is 0.000000127. The zero-order chi connectivity index (χ0) is 99.9. The third-order valence-corrected chi connectivity index (χ3v) is 32.2. The smallest absolute Gasteiger partial charge is 0.507 e. The number of thiol groups is 1. The largest absolute Gasteiger partial charge is 0.534 e. The zero-order valence-electron chi connectivity index (χ0n) is 77.2. The number of ether oxygens (including phenoxy) is 4. The van der Waals surface area contributed by atoms with Crippen molar-refractivity contribution >= 4 is 147 Å². The number of phenolic OH excluding ortho intramolecular Hbond substituents is 1. The summed E-state index contributed by atoms with van der Waals surface area (Å²) in [5, 5.41) is 18.8. The van der Waals surface area contributed by atoms with Crippen molar-refractivity contribution in [1.82, 2.24) is 0 Å². The number of hydrogen-bond donors (Lipinski definition) is 3. The number of morpholine rings is 1. The molecule has 2 saturated heterocycles. The number of carbonyl (C=O) groups excluding carboxylic acids is 5. The summed E-state index contributed by atoms with van der Waals surface area (Å²) in [6, 6.07) is 90.7. The van der Waals surface area contributed by atoms with Crippen LogP contribution in [-0.4, -0.2) is 125 Å². The third-order valence-electron chi connectivity index (χ3n) is 23.4. The van der Waals surface area contributed by atoms with E-state index in [9.17, 15) is 60.3 Å². The molecule has 8 heterocycles. The summed E-state index contributed by atoms with van der Waals surface area (Å²) in [6.45, 7) is 10.8. The fraction of sp³-hybridized carbons (Fsp3) is 0.183. The van der Waals surface area contributed by atoms with Gasteiger partial charge in [-0.15, -0.1) is 12.6 Å². The molecular weight excluding hydrogens is 1950 g/mol. The number of phenols is 1. The fourth-order valence-electron chi connectivity index (χ4n) is 15.6. The van der Waals surface area contributed by atoms with Crippen molar-refractivity contribution in [3.05, 3.63) is 369 Å². The maximum absolute atomic E-state index is 12.9. The second-order valence-electron chi connectivity index (χ2n) is 33.3. The molecule has 14 aromatic rings. The Morgan fingerprint density at radius 3 is 1.28 bits per heavy atom. The molecule has 0 unspecified atom stereocenters. The maximum atomic E-state index is 12.9. The second-order valence-corrected chi connectivity index (χ2v) is 41.7. The number of ketones is 5. The molecule has 141 heavy (non-hydrogen) atoms. The molecule has 7 aliphatic rings. The molecule has 1 aromatic heterocycles. The summed E-state index contributed by atoms with van der Waals surface area (Å²) in [4.78, 5) is 99.0. The summed E-state index contributed by atoms with van der Waals surface area (Å²) < 4.78 is 104. The Bertz CT molecular complexity index is 7240. The van der Waals surface area contributed by atoms with Crippen LogP contribution in [0.25, 0.3) is 11.3 Å². The number of carboxylic acid groups (broad SMARTS) is 1. The fourth-order valence-corrected chi connectivity index (χ4v) is 23.2. The summed E-state index contributed by atoms with van der Waals surface area (Å²) in [7, 11) is -1.38. The van der Waals surface area contributed by atoms with Gasteiger partial charge in [0, 0.05) is 135 Å². The molecular formula is C109H93BF3NO19S8. The number of aliphatic carboxylic acids is 1. The van der Waals surface area contributed by atoms with Crippen LogP contribution in [0.15, 0.2) is 370 Å². The van der Waals surface area contributed by atoms with E-state index in [0.717, 1.165) is 134 Å².